The number of thiazole rings is 1. The van der Waals surface area contributed by atoms with E-state index in [4.69, 9.17) is 17.3 Å². The van der Waals surface area contributed by atoms with Crippen LogP contribution in [-0.2, 0) is 6.54 Å². The number of hydrogen-bond acceptors (Lipinski definition) is 5. The summed E-state index contributed by atoms with van der Waals surface area (Å²) in [6, 6.07) is 0. The minimum Gasteiger partial charge on any atom is -0.395 e. The maximum Gasteiger partial charge on any atom is 0.163 e. The number of thiol groups is 2. The van der Waals surface area contributed by atoms with Crippen LogP contribution in [0.1, 0.15) is 0 Å². The highest BCUT2D eigenvalue weighted by molar-refractivity contribution is 7.85. The smallest absolute Gasteiger partial charge is 0.163 e. The molecule has 0 saturated carbocycles. The first-order valence-electron chi connectivity index (χ1n) is 2.89. The second kappa shape index (κ2) is 3.95. The summed E-state index contributed by atoms with van der Waals surface area (Å²) in [6.45, 7) is 0.570. The number of nitrogens with zero attached hydrogens (tertiary/aromatic N) is 1. The Balaban J connectivity index is 3.12. The van der Waals surface area contributed by atoms with Crippen LogP contribution in [0.5, 0.6) is 0 Å². The quantitative estimate of drug-likeness (QED) is 0.529. The third-order valence-corrected chi connectivity index (χ3v) is 3.71. The Morgan fingerprint density at radius 1 is 1.55 bits per heavy atom. The average Bonchev–Trinajstić information content (AvgIpc) is 2.17. The van der Waals surface area contributed by atoms with Crippen molar-refractivity contribution < 1.29 is 5.11 Å². The van der Waals surface area contributed by atoms with E-state index in [1.54, 1.807) is 4.57 Å². The summed E-state index contributed by atoms with van der Waals surface area (Å²) in [5, 5.41) is 9.39. The van der Waals surface area contributed by atoms with Crippen LogP contribution in [0.15, 0.2) is 9.24 Å². The summed E-state index contributed by atoms with van der Waals surface area (Å²) >= 11 is 14.7. The molecule has 0 unspecified atom stereocenters. The van der Waals surface area contributed by atoms with Crippen molar-refractivity contribution in [3.63, 3.8) is 0 Å². The molecule has 6 heteroatoms. The van der Waals surface area contributed by atoms with Crippen LogP contribution < -0.4 is 0 Å². The molecule has 0 aliphatic heterocycles. The summed E-state index contributed by atoms with van der Waals surface area (Å²) in [5.41, 5.74) is 0. The molecule has 0 bridgehead atoms. The number of hydrogen-bond donors (Lipinski definition) is 3. The summed E-state index contributed by atoms with van der Waals surface area (Å²) < 4.78 is 3.26. The second-order valence-electron chi connectivity index (χ2n) is 1.87. The Hall–Kier alpha value is 0.510. The van der Waals surface area contributed by atoms with Crippen molar-refractivity contribution in [3.05, 3.63) is 3.95 Å². The average molecular weight is 225 g/mol. The van der Waals surface area contributed by atoms with Gasteiger partial charge in [0.15, 0.2) is 3.95 Å². The number of aromatic nitrogens is 1. The van der Waals surface area contributed by atoms with Gasteiger partial charge in [0.25, 0.3) is 0 Å². The van der Waals surface area contributed by atoms with Crippen LogP contribution in [0.2, 0.25) is 0 Å². The number of rotatable bonds is 2. The fourth-order valence-corrected chi connectivity index (χ4v) is 2.81. The molecule has 1 aromatic rings. The van der Waals surface area contributed by atoms with Crippen molar-refractivity contribution >= 4 is 48.8 Å². The Labute approximate surface area is 84.7 Å². The fourth-order valence-electron chi connectivity index (χ4n) is 0.683. The molecule has 1 rings (SSSR count). The highest BCUT2D eigenvalue weighted by atomic mass is 32.2. The van der Waals surface area contributed by atoms with E-state index >= 15 is 0 Å². The van der Waals surface area contributed by atoms with Gasteiger partial charge in [-0.3, -0.25) is 0 Å². The van der Waals surface area contributed by atoms with Crippen LogP contribution in [0, 0.1) is 3.95 Å². The molecule has 0 aliphatic carbocycles. The summed E-state index contributed by atoms with van der Waals surface area (Å²) in [5.74, 6) is 0. The molecule has 0 radical (unpaired) electrons. The molecule has 1 aromatic heterocycles. The van der Waals surface area contributed by atoms with E-state index in [0.717, 1.165) is 9.24 Å². The van der Waals surface area contributed by atoms with Gasteiger partial charge in [-0.2, -0.15) is 0 Å². The molecule has 0 aliphatic rings. The first kappa shape index (κ1) is 9.60. The molecular formula is C5H7NOS4. The Bertz CT molecular complexity index is 302. The third kappa shape index (κ3) is 2.00. The van der Waals surface area contributed by atoms with E-state index in [1.165, 1.54) is 11.3 Å². The second-order valence-corrected chi connectivity index (χ2v) is 4.69. The van der Waals surface area contributed by atoms with Crippen molar-refractivity contribution in [2.75, 3.05) is 6.61 Å². The van der Waals surface area contributed by atoms with Gasteiger partial charge in [0.2, 0.25) is 0 Å². The molecule has 1 heterocycles. The van der Waals surface area contributed by atoms with Crippen molar-refractivity contribution in [2.45, 2.75) is 15.8 Å². The standard InChI is InChI=1S/C5H7NOS4/c7-2-1-6-3(8)4(9)11-5(6)10/h7-9H,1-2H2. The third-order valence-electron chi connectivity index (χ3n) is 1.17. The maximum absolute atomic E-state index is 8.66. The molecule has 0 aromatic carbocycles. The van der Waals surface area contributed by atoms with Crippen LogP contribution in [-0.4, -0.2) is 16.3 Å². The molecule has 0 saturated heterocycles. The summed E-state index contributed by atoms with van der Waals surface area (Å²) in [4.78, 5) is 0. The van der Waals surface area contributed by atoms with E-state index in [0.29, 0.717) is 10.5 Å². The van der Waals surface area contributed by atoms with E-state index in [-0.39, 0.29) is 6.61 Å². The lowest BCUT2D eigenvalue weighted by molar-refractivity contribution is 0.271. The highest BCUT2D eigenvalue weighted by Crippen LogP contribution is 2.25. The zero-order valence-corrected chi connectivity index (χ0v) is 8.94. The summed E-state index contributed by atoms with van der Waals surface area (Å²) in [6.07, 6.45) is 0. The lowest BCUT2D eigenvalue weighted by Gasteiger charge is -2.00. The van der Waals surface area contributed by atoms with Gasteiger partial charge in [0.1, 0.15) is 0 Å². The van der Waals surface area contributed by atoms with E-state index in [2.05, 4.69) is 25.3 Å². The SMILES string of the molecule is OCCn1c(S)c(S)sc1=S. The lowest BCUT2D eigenvalue weighted by atomic mass is 10.7. The zero-order valence-electron chi connectivity index (χ0n) is 5.52. The van der Waals surface area contributed by atoms with Crippen molar-refractivity contribution in [2.24, 2.45) is 0 Å². The van der Waals surface area contributed by atoms with Crippen LogP contribution in [0.4, 0.5) is 0 Å². The monoisotopic (exact) mass is 225 g/mol. The van der Waals surface area contributed by atoms with Crippen molar-refractivity contribution in [1.29, 1.82) is 0 Å². The molecule has 2 nitrogen and oxygen atoms in total. The van der Waals surface area contributed by atoms with Gasteiger partial charge in [0.05, 0.1) is 15.8 Å². The predicted molar refractivity (Wildman–Crippen MR) is 54.7 cm³/mol. The molecule has 0 fully saturated rings. The lowest BCUT2D eigenvalue weighted by Crippen LogP contribution is -2.01. The van der Waals surface area contributed by atoms with Crippen molar-refractivity contribution in [1.82, 2.24) is 4.57 Å². The normalized spacial score (nSPS) is 10.5. The Morgan fingerprint density at radius 3 is 2.55 bits per heavy atom. The first-order chi connectivity index (χ1) is 5.16. The van der Waals surface area contributed by atoms with E-state index < -0.39 is 0 Å². The van der Waals surface area contributed by atoms with E-state index in [1.807, 2.05) is 0 Å². The molecule has 1 N–H and O–H groups in total. The number of aliphatic hydroxyl groups excluding tert-OH is 1. The zero-order chi connectivity index (χ0) is 8.43. The van der Waals surface area contributed by atoms with Crippen LogP contribution in [0.25, 0.3) is 0 Å². The predicted octanol–water partition coefficient (Wildman–Crippen LogP) is 1.85. The van der Waals surface area contributed by atoms with Gasteiger partial charge in [-0.25, -0.2) is 0 Å². The van der Waals surface area contributed by atoms with Gasteiger partial charge in [-0.05, 0) is 12.2 Å². The topological polar surface area (TPSA) is 25.2 Å². The van der Waals surface area contributed by atoms with Gasteiger partial charge in [-0.1, -0.05) is 11.3 Å². The largest absolute Gasteiger partial charge is 0.395 e. The van der Waals surface area contributed by atoms with Gasteiger partial charge >= 0.3 is 0 Å². The van der Waals surface area contributed by atoms with Gasteiger partial charge < -0.3 is 9.67 Å². The van der Waals surface area contributed by atoms with Gasteiger partial charge in [0, 0.05) is 6.54 Å². The Morgan fingerprint density at radius 2 is 2.18 bits per heavy atom. The van der Waals surface area contributed by atoms with E-state index in [9.17, 15) is 0 Å². The Kier molecular flexibility index (Phi) is 3.45. The van der Waals surface area contributed by atoms with Crippen molar-refractivity contribution in [3.8, 4) is 0 Å². The molecule has 11 heavy (non-hydrogen) atoms. The molecule has 0 atom stereocenters. The first-order valence-corrected chi connectivity index (χ1v) is 5.01. The summed E-state index contributed by atoms with van der Waals surface area (Å²) in [7, 11) is 0. The minimum atomic E-state index is 0.0752. The number of aliphatic hydroxyl groups is 1. The molecule has 0 spiro atoms. The fraction of sp³-hybridized carbons (Fsp3) is 0.400. The highest BCUT2D eigenvalue weighted by Gasteiger charge is 2.04. The van der Waals surface area contributed by atoms with Crippen LogP contribution in [0.3, 0.4) is 0 Å². The molecule has 62 valence electrons. The molecule has 0 amide bonds. The maximum atomic E-state index is 8.66. The molecular weight excluding hydrogens is 218 g/mol. The minimum absolute atomic E-state index is 0.0752. The van der Waals surface area contributed by atoms with Crippen LogP contribution >= 0.6 is 48.8 Å². The van der Waals surface area contributed by atoms with Gasteiger partial charge in [-0.15, -0.1) is 25.3 Å².